The fourth-order valence-corrected chi connectivity index (χ4v) is 2.87. The molecule has 0 aliphatic carbocycles. The van der Waals surface area contributed by atoms with Crippen molar-refractivity contribution < 1.29 is 13.2 Å². The van der Waals surface area contributed by atoms with Gasteiger partial charge in [0.05, 0.1) is 4.90 Å². The highest BCUT2D eigenvalue weighted by Gasteiger charge is 2.12. The van der Waals surface area contributed by atoms with Crippen molar-refractivity contribution in [3.63, 3.8) is 0 Å². The van der Waals surface area contributed by atoms with Crippen LogP contribution in [0.3, 0.4) is 0 Å². The summed E-state index contributed by atoms with van der Waals surface area (Å²) in [4.78, 5) is 11.1. The highest BCUT2D eigenvalue weighted by atomic mass is 35.5. The highest BCUT2D eigenvalue weighted by molar-refractivity contribution is 7.89. The molecule has 1 rings (SSSR count). The summed E-state index contributed by atoms with van der Waals surface area (Å²) in [7, 11) is -3.49. The van der Waals surface area contributed by atoms with Crippen molar-refractivity contribution in [2.75, 3.05) is 17.7 Å². The number of halogens is 1. The third kappa shape index (κ3) is 5.90. The lowest BCUT2D eigenvalue weighted by atomic mass is 10.2. The number of carbonyl (C=O) groups is 1. The van der Waals surface area contributed by atoms with Gasteiger partial charge in [0.15, 0.2) is 0 Å². The van der Waals surface area contributed by atoms with E-state index in [1.807, 2.05) is 0 Å². The van der Waals surface area contributed by atoms with E-state index < -0.39 is 10.0 Å². The predicted molar refractivity (Wildman–Crippen MR) is 80.5 cm³/mol. The molecular weight excluding hydrogens is 300 g/mol. The minimum Gasteiger partial charge on any atom is -0.326 e. The number of alkyl halides is 1. The normalized spacial score (nSPS) is 11.3. The molecular formula is C13H19ClN2O3S. The van der Waals surface area contributed by atoms with E-state index >= 15 is 0 Å². The van der Waals surface area contributed by atoms with Crippen molar-refractivity contribution in [2.45, 2.75) is 31.1 Å². The third-order valence-corrected chi connectivity index (χ3v) is 4.33. The van der Waals surface area contributed by atoms with Crippen LogP contribution in [-0.4, -0.2) is 26.7 Å². The van der Waals surface area contributed by atoms with Crippen LogP contribution in [0.4, 0.5) is 5.69 Å². The second-order valence-corrected chi connectivity index (χ2v) is 6.50. The van der Waals surface area contributed by atoms with Crippen LogP contribution in [0.1, 0.15) is 26.2 Å². The van der Waals surface area contributed by atoms with Crippen molar-refractivity contribution in [3.8, 4) is 0 Å². The number of nitrogens with one attached hydrogen (secondary N) is 2. The maximum Gasteiger partial charge on any atom is 0.240 e. The molecule has 0 heterocycles. The van der Waals surface area contributed by atoms with Crippen molar-refractivity contribution in [1.82, 2.24) is 4.72 Å². The summed E-state index contributed by atoms with van der Waals surface area (Å²) >= 11 is 5.55. The molecule has 0 fully saturated rings. The van der Waals surface area contributed by atoms with Crippen LogP contribution in [0, 0.1) is 0 Å². The molecule has 1 amide bonds. The van der Waals surface area contributed by atoms with E-state index in [0.717, 1.165) is 19.3 Å². The van der Waals surface area contributed by atoms with Crippen molar-refractivity contribution in [1.29, 1.82) is 0 Å². The highest BCUT2D eigenvalue weighted by Crippen LogP contribution is 2.14. The fourth-order valence-electron chi connectivity index (χ4n) is 1.61. The minimum absolute atomic E-state index is 0.184. The molecule has 0 aromatic heterocycles. The third-order valence-electron chi connectivity index (χ3n) is 2.59. The van der Waals surface area contributed by atoms with Gasteiger partial charge in [-0.2, -0.15) is 0 Å². The Morgan fingerprint density at radius 1 is 1.15 bits per heavy atom. The predicted octanol–water partition coefficient (Wildman–Crippen LogP) is 2.33. The number of sulfonamides is 1. The average Bonchev–Trinajstić information content (AvgIpc) is 2.38. The van der Waals surface area contributed by atoms with Crippen molar-refractivity contribution in [3.05, 3.63) is 24.3 Å². The van der Waals surface area contributed by atoms with Crippen LogP contribution in [0.2, 0.25) is 0 Å². The number of carbonyl (C=O) groups excluding carboxylic acids is 1. The first-order chi connectivity index (χ1) is 9.45. The average molecular weight is 319 g/mol. The Morgan fingerprint density at radius 2 is 1.80 bits per heavy atom. The lowest BCUT2D eigenvalue weighted by molar-refractivity contribution is -0.114. The Labute approximate surface area is 124 Å². The van der Waals surface area contributed by atoms with Crippen LogP contribution in [0.25, 0.3) is 0 Å². The second-order valence-electron chi connectivity index (χ2n) is 4.35. The van der Waals surface area contributed by atoms with E-state index in [0.29, 0.717) is 18.1 Å². The Kier molecular flexibility index (Phi) is 6.98. The summed E-state index contributed by atoms with van der Waals surface area (Å²) in [6, 6.07) is 6.05. The number of hydrogen-bond acceptors (Lipinski definition) is 3. The summed E-state index contributed by atoms with van der Waals surface area (Å²) in [5, 5.41) is 2.58. The number of benzene rings is 1. The number of anilines is 1. The second kappa shape index (κ2) is 8.24. The van der Waals surface area contributed by atoms with Gasteiger partial charge in [-0.15, -0.1) is 11.6 Å². The zero-order valence-corrected chi connectivity index (χ0v) is 12.9. The molecule has 0 atom stereocenters. The van der Waals surface area contributed by atoms with Gasteiger partial charge in [-0.3, -0.25) is 4.79 Å². The van der Waals surface area contributed by atoms with E-state index in [9.17, 15) is 13.2 Å². The first-order valence-corrected chi connectivity index (χ1v) is 8.41. The molecule has 1 aromatic carbocycles. The standard InChI is InChI=1S/C13H19ClN2O3S/c1-11(17)16-12-5-7-13(8-6-12)20(18,19)15-10-4-2-3-9-14/h5-8,15H,2-4,9-10H2,1H3,(H,16,17). The molecule has 0 spiro atoms. The van der Waals surface area contributed by atoms with Gasteiger partial charge in [-0.25, -0.2) is 13.1 Å². The van der Waals surface area contributed by atoms with Crippen molar-refractivity contribution >= 4 is 33.2 Å². The lowest BCUT2D eigenvalue weighted by Gasteiger charge is -2.07. The smallest absolute Gasteiger partial charge is 0.240 e. The summed E-state index contributed by atoms with van der Waals surface area (Å²) in [5.74, 6) is 0.398. The first kappa shape index (κ1) is 16.9. The zero-order chi connectivity index (χ0) is 15.0. The van der Waals surface area contributed by atoms with E-state index in [1.165, 1.54) is 19.1 Å². The van der Waals surface area contributed by atoms with Gasteiger partial charge >= 0.3 is 0 Å². The van der Waals surface area contributed by atoms with Crippen LogP contribution in [0.5, 0.6) is 0 Å². The number of unbranched alkanes of at least 4 members (excludes halogenated alkanes) is 2. The van der Waals surface area contributed by atoms with Gasteiger partial charge in [0.2, 0.25) is 15.9 Å². The minimum atomic E-state index is -3.49. The molecule has 1 aromatic rings. The molecule has 0 bridgehead atoms. The van der Waals surface area contributed by atoms with E-state index in [1.54, 1.807) is 12.1 Å². The van der Waals surface area contributed by atoms with E-state index in [2.05, 4.69) is 10.0 Å². The van der Waals surface area contributed by atoms with Crippen LogP contribution in [-0.2, 0) is 14.8 Å². The van der Waals surface area contributed by atoms with Crippen molar-refractivity contribution in [2.24, 2.45) is 0 Å². The molecule has 5 nitrogen and oxygen atoms in total. The van der Waals surface area contributed by atoms with E-state index in [-0.39, 0.29) is 10.8 Å². The molecule has 2 N–H and O–H groups in total. The fraction of sp³-hybridized carbons (Fsp3) is 0.462. The Morgan fingerprint density at radius 3 is 2.35 bits per heavy atom. The van der Waals surface area contributed by atoms with Crippen LogP contribution in [0.15, 0.2) is 29.2 Å². The lowest BCUT2D eigenvalue weighted by Crippen LogP contribution is -2.24. The molecule has 7 heteroatoms. The summed E-state index contributed by atoms with van der Waals surface area (Å²) < 4.78 is 26.5. The zero-order valence-electron chi connectivity index (χ0n) is 11.4. The Balaban J connectivity index is 2.56. The maximum atomic E-state index is 12.0. The Bertz CT molecular complexity index is 529. The molecule has 20 heavy (non-hydrogen) atoms. The maximum absolute atomic E-state index is 12.0. The summed E-state index contributed by atoms with van der Waals surface area (Å²) in [6.45, 7) is 1.79. The van der Waals surface area contributed by atoms with Gasteiger partial charge in [0, 0.05) is 25.0 Å². The number of hydrogen-bond donors (Lipinski definition) is 2. The summed E-state index contributed by atoms with van der Waals surface area (Å²) in [6.07, 6.45) is 2.54. The van der Waals surface area contributed by atoms with Crippen LogP contribution < -0.4 is 10.0 Å². The molecule has 0 aliphatic rings. The van der Waals surface area contributed by atoms with Gasteiger partial charge in [-0.1, -0.05) is 6.42 Å². The molecule has 0 unspecified atom stereocenters. The molecule has 0 saturated heterocycles. The molecule has 0 radical (unpaired) electrons. The van der Waals surface area contributed by atoms with Crippen LogP contribution >= 0.6 is 11.6 Å². The van der Waals surface area contributed by atoms with Gasteiger partial charge in [0.1, 0.15) is 0 Å². The Hall–Kier alpha value is -1.11. The SMILES string of the molecule is CC(=O)Nc1ccc(S(=O)(=O)NCCCCCCl)cc1. The first-order valence-electron chi connectivity index (χ1n) is 6.39. The summed E-state index contributed by atoms with van der Waals surface area (Å²) in [5.41, 5.74) is 0.568. The number of rotatable bonds is 8. The molecule has 0 saturated carbocycles. The molecule has 0 aliphatic heterocycles. The molecule has 112 valence electrons. The van der Waals surface area contributed by atoms with E-state index in [4.69, 9.17) is 11.6 Å². The quantitative estimate of drug-likeness (QED) is 0.570. The van der Waals surface area contributed by atoms with Gasteiger partial charge in [-0.05, 0) is 37.1 Å². The van der Waals surface area contributed by atoms with Gasteiger partial charge < -0.3 is 5.32 Å². The monoisotopic (exact) mass is 318 g/mol. The van der Waals surface area contributed by atoms with Gasteiger partial charge in [0.25, 0.3) is 0 Å². The topological polar surface area (TPSA) is 75.3 Å². The number of amides is 1. The largest absolute Gasteiger partial charge is 0.326 e.